The summed E-state index contributed by atoms with van der Waals surface area (Å²) in [6.07, 6.45) is 0. The number of aromatic hydroxyl groups is 1. The summed E-state index contributed by atoms with van der Waals surface area (Å²) in [5.74, 6) is -0.244. The summed E-state index contributed by atoms with van der Waals surface area (Å²) in [5, 5.41) is 9.14. The van der Waals surface area contributed by atoms with Crippen molar-refractivity contribution in [2.24, 2.45) is 5.73 Å². The standard InChI is InChI=1S/C9H11N3O2S/c1-5-4-6(13)2-3-7(5)8(14)11-12-9(10)15/h2-4,13H,1H3,(H,11,14)(H3,10,12,15). The van der Waals surface area contributed by atoms with Crippen LogP contribution in [0.2, 0.25) is 0 Å². The molecule has 0 fully saturated rings. The largest absolute Gasteiger partial charge is 0.508 e. The number of nitrogens with two attached hydrogens (primary N) is 1. The average Bonchev–Trinajstić information content (AvgIpc) is 2.14. The van der Waals surface area contributed by atoms with E-state index in [1.165, 1.54) is 18.2 Å². The van der Waals surface area contributed by atoms with E-state index in [9.17, 15) is 4.79 Å². The molecule has 0 aromatic heterocycles. The molecule has 1 amide bonds. The van der Waals surface area contributed by atoms with Gasteiger partial charge in [0.25, 0.3) is 5.91 Å². The molecule has 0 atom stereocenters. The monoisotopic (exact) mass is 225 g/mol. The highest BCUT2D eigenvalue weighted by atomic mass is 32.1. The van der Waals surface area contributed by atoms with Crippen LogP contribution in [0.3, 0.4) is 0 Å². The van der Waals surface area contributed by atoms with Crippen molar-refractivity contribution >= 4 is 23.2 Å². The Hall–Kier alpha value is -1.82. The van der Waals surface area contributed by atoms with Gasteiger partial charge in [-0.3, -0.25) is 15.6 Å². The maximum atomic E-state index is 11.5. The van der Waals surface area contributed by atoms with Crippen LogP contribution in [0, 0.1) is 6.92 Å². The molecular weight excluding hydrogens is 214 g/mol. The summed E-state index contributed by atoms with van der Waals surface area (Å²) < 4.78 is 0. The number of hydrogen-bond donors (Lipinski definition) is 4. The number of amides is 1. The molecule has 0 saturated carbocycles. The maximum absolute atomic E-state index is 11.5. The summed E-state index contributed by atoms with van der Waals surface area (Å²) in [4.78, 5) is 11.5. The molecule has 0 spiro atoms. The zero-order valence-corrected chi connectivity index (χ0v) is 8.89. The topological polar surface area (TPSA) is 87.4 Å². The summed E-state index contributed by atoms with van der Waals surface area (Å²) in [6.45, 7) is 1.72. The van der Waals surface area contributed by atoms with Crippen LogP contribution >= 0.6 is 12.2 Å². The number of benzene rings is 1. The van der Waals surface area contributed by atoms with Gasteiger partial charge in [0.1, 0.15) is 5.75 Å². The van der Waals surface area contributed by atoms with Crippen LogP contribution in [0.15, 0.2) is 18.2 Å². The van der Waals surface area contributed by atoms with Gasteiger partial charge in [-0.25, -0.2) is 0 Å². The second-order valence-corrected chi connectivity index (χ2v) is 3.38. The first-order valence-electron chi connectivity index (χ1n) is 4.16. The minimum atomic E-state index is -0.361. The molecule has 0 saturated heterocycles. The normalized spacial score (nSPS) is 9.40. The van der Waals surface area contributed by atoms with Gasteiger partial charge in [0.2, 0.25) is 0 Å². The number of carbonyl (C=O) groups excluding carboxylic acids is 1. The summed E-state index contributed by atoms with van der Waals surface area (Å²) in [5.41, 5.74) is 10.9. The van der Waals surface area contributed by atoms with Gasteiger partial charge in [0.15, 0.2) is 5.11 Å². The number of hydrazine groups is 1. The smallest absolute Gasteiger partial charge is 0.269 e. The predicted octanol–water partition coefficient (Wildman–Crippen LogP) is 0.179. The van der Waals surface area contributed by atoms with E-state index in [-0.39, 0.29) is 16.8 Å². The lowest BCUT2D eigenvalue weighted by atomic mass is 10.1. The SMILES string of the molecule is Cc1cc(O)ccc1C(=O)NNC(N)=S. The van der Waals surface area contributed by atoms with E-state index >= 15 is 0 Å². The first-order chi connectivity index (χ1) is 7.00. The molecule has 6 heteroatoms. The van der Waals surface area contributed by atoms with Crippen molar-refractivity contribution in [3.8, 4) is 5.75 Å². The van der Waals surface area contributed by atoms with Crippen LogP contribution in [0.5, 0.6) is 5.75 Å². The van der Waals surface area contributed by atoms with Gasteiger partial charge in [-0.1, -0.05) is 0 Å². The molecule has 1 aromatic carbocycles. The van der Waals surface area contributed by atoms with Crippen LogP contribution < -0.4 is 16.6 Å². The zero-order valence-electron chi connectivity index (χ0n) is 8.07. The van der Waals surface area contributed by atoms with Gasteiger partial charge < -0.3 is 10.8 Å². The Morgan fingerprint density at radius 1 is 1.47 bits per heavy atom. The molecule has 1 rings (SSSR count). The number of thiocarbonyl (C=S) groups is 1. The van der Waals surface area contributed by atoms with Crippen molar-refractivity contribution in [2.75, 3.05) is 0 Å². The average molecular weight is 225 g/mol. The molecule has 15 heavy (non-hydrogen) atoms. The van der Waals surface area contributed by atoms with E-state index in [2.05, 4.69) is 23.1 Å². The molecule has 0 aliphatic rings. The van der Waals surface area contributed by atoms with Crippen molar-refractivity contribution in [2.45, 2.75) is 6.92 Å². The highest BCUT2D eigenvalue weighted by molar-refractivity contribution is 7.80. The number of nitrogens with one attached hydrogen (secondary N) is 2. The van der Waals surface area contributed by atoms with Crippen LogP contribution in [-0.4, -0.2) is 16.1 Å². The second kappa shape index (κ2) is 4.61. The molecule has 1 aromatic rings. The first kappa shape index (κ1) is 11.3. The highest BCUT2D eigenvalue weighted by Crippen LogP contribution is 2.15. The van der Waals surface area contributed by atoms with E-state index in [1.54, 1.807) is 6.92 Å². The maximum Gasteiger partial charge on any atom is 0.269 e. The van der Waals surface area contributed by atoms with Crippen LogP contribution in [-0.2, 0) is 0 Å². The van der Waals surface area contributed by atoms with Crippen molar-refractivity contribution in [3.05, 3.63) is 29.3 Å². The van der Waals surface area contributed by atoms with E-state index in [0.29, 0.717) is 11.1 Å². The third-order valence-corrected chi connectivity index (χ3v) is 1.86. The third kappa shape index (κ3) is 3.10. The lowest BCUT2D eigenvalue weighted by Crippen LogP contribution is -2.44. The van der Waals surface area contributed by atoms with Gasteiger partial charge >= 0.3 is 0 Å². The number of carbonyl (C=O) groups is 1. The molecular formula is C9H11N3O2S. The van der Waals surface area contributed by atoms with E-state index in [4.69, 9.17) is 10.8 Å². The minimum Gasteiger partial charge on any atom is -0.508 e. The lowest BCUT2D eigenvalue weighted by molar-refractivity contribution is 0.0943. The number of hydrogen-bond acceptors (Lipinski definition) is 3. The van der Waals surface area contributed by atoms with E-state index in [0.717, 1.165) is 0 Å². The molecule has 0 aliphatic carbocycles. The third-order valence-electron chi connectivity index (χ3n) is 1.75. The molecule has 5 nitrogen and oxygen atoms in total. The zero-order chi connectivity index (χ0) is 11.4. The second-order valence-electron chi connectivity index (χ2n) is 2.94. The first-order valence-corrected chi connectivity index (χ1v) is 4.57. The number of phenols is 1. The Morgan fingerprint density at radius 2 is 2.13 bits per heavy atom. The Morgan fingerprint density at radius 3 is 2.67 bits per heavy atom. The Balaban J connectivity index is 2.78. The Bertz CT molecular complexity index is 406. The number of aryl methyl sites for hydroxylation is 1. The van der Waals surface area contributed by atoms with E-state index < -0.39 is 0 Å². The summed E-state index contributed by atoms with van der Waals surface area (Å²) >= 11 is 4.53. The Kier molecular flexibility index (Phi) is 3.46. The summed E-state index contributed by atoms with van der Waals surface area (Å²) in [6, 6.07) is 4.44. The lowest BCUT2D eigenvalue weighted by Gasteiger charge is -2.08. The van der Waals surface area contributed by atoms with Crippen LogP contribution in [0.25, 0.3) is 0 Å². The van der Waals surface area contributed by atoms with Gasteiger partial charge in [-0.2, -0.15) is 0 Å². The number of rotatable bonds is 1. The highest BCUT2D eigenvalue weighted by Gasteiger charge is 2.08. The molecule has 80 valence electrons. The fourth-order valence-corrected chi connectivity index (χ4v) is 1.14. The summed E-state index contributed by atoms with van der Waals surface area (Å²) in [7, 11) is 0. The van der Waals surface area contributed by atoms with Crippen molar-refractivity contribution in [1.82, 2.24) is 10.9 Å². The Labute approximate surface area is 92.3 Å². The van der Waals surface area contributed by atoms with Gasteiger partial charge in [-0.05, 0) is 42.9 Å². The van der Waals surface area contributed by atoms with Gasteiger partial charge in [-0.15, -0.1) is 0 Å². The van der Waals surface area contributed by atoms with Crippen molar-refractivity contribution in [1.29, 1.82) is 0 Å². The molecule has 0 bridgehead atoms. The van der Waals surface area contributed by atoms with Crippen molar-refractivity contribution in [3.63, 3.8) is 0 Å². The number of phenolic OH excluding ortho intramolecular Hbond substituents is 1. The molecule has 0 aliphatic heterocycles. The predicted molar refractivity (Wildman–Crippen MR) is 60.2 cm³/mol. The fraction of sp³-hybridized carbons (Fsp3) is 0.111. The van der Waals surface area contributed by atoms with Crippen LogP contribution in [0.4, 0.5) is 0 Å². The van der Waals surface area contributed by atoms with Gasteiger partial charge in [0, 0.05) is 5.56 Å². The minimum absolute atomic E-state index is 0.0141. The molecule has 0 radical (unpaired) electrons. The van der Waals surface area contributed by atoms with Crippen molar-refractivity contribution < 1.29 is 9.90 Å². The molecule has 5 N–H and O–H groups in total. The van der Waals surface area contributed by atoms with Crippen LogP contribution in [0.1, 0.15) is 15.9 Å². The fourth-order valence-electron chi connectivity index (χ4n) is 1.09. The molecule has 0 unspecified atom stereocenters. The van der Waals surface area contributed by atoms with Gasteiger partial charge in [0.05, 0.1) is 0 Å². The molecule has 0 heterocycles. The van der Waals surface area contributed by atoms with E-state index in [1.807, 2.05) is 0 Å². The quantitative estimate of drug-likeness (QED) is 0.404.